The average molecular weight is 1380 g/mol. The molecule has 0 bridgehead atoms. The van der Waals surface area contributed by atoms with Gasteiger partial charge in [-0.25, -0.2) is 0 Å². The lowest BCUT2D eigenvalue weighted by Crippen LogP contribution is -1.95. The maximum absolute atomic E-state index is 2.32. The van der Waals surface area contributed by atoms with Gasteiger partial charge in [0.2, 0.25) is 0 Å². The minimum atomic E-state index is 1.02. The number of hydrogen-bond acceptors (Lipinski definition) is 1. The fourth-order valence-electron chi connectivity index (χ4n) is 16.9. The number of hydrogen-bond donors (Lipinski definition) is 0. The third kappa shape index (κ3) is 86.9. The highest BCUT2D eigenvalue weighted by Crippen LogP contribution is 2.30. The van der Waals surface area contributed by atoms with E-state index in [1.54, 1.807) is 0 Å². The molecule has 0 heterocycles. The van der Waals surface area contributed by atoms with Gasteiger partial charge in [0, 0.05) is 5.25 Å². The van der Waals surface area contributed by atoms with Crippen molar-refractivity contribution in [2.24, 2.45) is 0 Å². The molecule has 0 radical (unpaired) electrons. The van der Waals surface area contributed by atoms with Crippen molar-refractivity contribution in [1.29, 1.82) is 0 Å². The Bertz CT molecular complexity index is 1300. The Kier molecular flexibility index (Phi) is 89.0. The molecule has 1 aliphatic rings. The average Bonchev–Trinajstić information content (AvgIpc) is 4.40. The van der Waals surface area contributed by atoms with E-state index in [9.17, 15) is 0 Å². The van der Waals surface area contributed by atoms with Crippen LogP contribution in [0.2, 0.25) is 0 Å². The highest BCUT2D eigenvalue weighted by molar-refractivity contribution is 7.99. The van der Waals surface area contributed by atoms with Crippen molar-refractivity contribution < 1.29 is 0 Å². The van der Waals surface area contributed by atoms with Crippen LogP contribution in [0.1, 0.15) is 604 Å². The molecular weight excluding hydrogens is 1190 g/mol. The fraction of sp³-hybridized carbons (Fsp3) is 1.00. The molecule has 97 heavy (non-hydrogen) atoms. The monoisotopic (exact) mass is 1380 g/mol. The summed E-state index contributed by atoms with van der Waals surface area (Å²) in [5.41, 5.74) is 0. The molecule has 0 spiro atoms. The van der Waals surface area contributed by atoms with E-state index < -0.39 is 0 Å². The summed E-state index contributed by atoms with van der Waals surface area (Å²) in [6, 6.07) is 0. The fourth-order valence-corrected chi connectivity index (χ4v) is 18.2. The molecule has 0 saturated heterocycles. The number of thioether (sulfide) groups is 1. The maximum atomic E-state index is 2.32. The first kappa shape index (κ1) is 95.4. The van der Waals surface area contributed by atoms with Crippen molar-refractivity contribution in [3.8, 4) is 0 Å². The van der Waals surface area contributed by atoms with Crippen molar-refractivity contribution >= 4 is 11.8 Å². The molecule has 0 aromatic rings. The van der Waals surface area contributed by atoms with Crippen LogP contribution in [0.15, 0.2) is 0 Å². The van der Waals surface area contributed by atoms with Crippen LogP contribution in [0, 0.1) is 0 Å². The molecule has 582 valence electrons. The van der Waals surface area contributed by atoms with Crippen LogP contribution in [0.5, 0.6) is 0 Å². The summed E-state index contributed by atoms with van der Waals surface area (Å²) >= 11 is 2.29. The third-order valence-electron chi connectivity index (χ3n) is 23.9. The van der Waals surface area contributed by atoms with E-state index in [1.165, 1.54) is 603 Å². The van der Waals surface area contributed by atoms with Gasteiger partial charge in [-0.2, -0.15) is 11.8 Å². The van der Waals surface area contributed by atoms with Gasteiger partial charge in [0.05, 0.1) is 0 Å². The quantitative estimate of drug-likeness (QED) is 0.0547. The second-order valence-electron chi connectivity index (χ2n) is 33.9. The van der Waals surface area contributed by atoms with Gasteiger partial charge in [0.15, 0.2) is 0 Å². The summed E-state index contributed by atoms with van der Waals surface area (Å²) < 4.78 is 0. The van der Waals surface area contributed by atoms with E-state index in [0.717, 1.165) is 5.25 Å². The van der Waals surface area contributed by atoms with Gasteiger partial charge in [-0.3, -0.25) is 0 Å². The maximum Gasteiger partial charge on any atom is 0.00470 e. The Hall–Kier alpha value is 0.350. The van der Waals surface area contributed by atoms with Crippen molar-refractivity contribution in [2.75, 3.05) is 5.75 Å². The Labute approximate surface area is 623 Å². The second kappa shape index (κ2) is 90.6. The first-order valence-corrected chi connectivity index (χ1v) is 49.1. The first-order chi connectivity index (χ1) is 48.4. The van der Waals surface area contributed by atoms with Crippen molar-refractivity contribution in [3.05, 3.63) is 0 Å². The summed E-state index contributed by atoms with van der Waals surface area (Å²) in [5, 5.41) is 1.02. The zero-order valence-electron chi connectivity index (χ0n) is 68.5. The van der Waals surface area contributed by atoms with Crippen LogP contribution in [0.25, 0.3) is 0 Å². The molecule has 0 N–H and O–H groups in total. The molecule has 0 aromatic heterocycles. The third-order valence-corrected chi connectivity index (χ3v) is 25.4. The van der Waals surface area contributed by atoms with Crippen LogP contribution in [-0.4, -0.2) is 11.0 Å². The molecule has 0 nitrogen and oxygen atoms in total. The Morgan fingerprint density at radius 1 is 0.134 bits per heavy atom. The standard InChI is InChI=1S/C96H192S/c1-2-3-4-5-6-7-8-9-10-11-12-13-14-15-16-17-18-19-20-21-22-23-24-25-26-27-28-29-30-31-32-33-34-35-36-37-38-39-40-41-42-43-44-45-46-47-48-49-50-51-52-53-54-55-56-57-58-59-60-61-62-63-64-65-66-67-68-69-70-71-72-73-74-75-76-77-78-79-80-81-82-83-84-85-86-87-88-89-92-95-97-96-93-90-91-94-96/h96H,2-95H2,1H3. The minimum absolute atomic E-state index is 1.02. The lowest BCUT2D eigenvalue weighted by molar-refractivity contribution is 0.505. The van der Waals surface area contributed by atoms with Crippen LogP contribution in [0.4, 0.5) is 0 Å². The highest BCUT2D eigenvalue weighted by atomic mass is 32.2. The predicted molar refractivity (Wildman–Crippen MR) is 451 cm³/mol. The molecule has 0 amide bonds. The molecule has 1 saturated carbocycles. The minimum Gasteiger partial charge on any atom is -0.159 e. The lowest BCUT2D eigenvalue weighted by Gasteiger charge is -2.08. The van der Waals surface area contributed by atoms with Gasteiger partial charge in [0.25, 0.3) is 0 Å². The molecular formula is C96H192S. The topological polar surface area (TPSA) is 0 Å². The van der Waals surface area contributed by atoms with Gasteiger partial charge in [-0.05, 0) is 25.0 Å². The van der Waals surface area contributed by atoms with E-state index in [2.05, 4.69) is 18.7 Å². The van der Waals surface area contributed by atoms with Crippen molar-refractivity contribution in [1.82, 2.24) is 0 Å². The van der Waals surface area contributed by atoms with Crippen molar-refractivity contribution in [3.63, 3.8) is 0 Å². The molecule has 0 aliphatic heterocycles. The smallest absolute Gasteiger partial charge is 0.00470 e. The largest absolute Gasteiger partial charge is 0.159 e. The normalized spacial score (nSPS) is 12.8. The molecule has 1 rings (SSSR count). The van der Waals surface area contributed by atoms with Crippen molar-refractivity contribution in [2.45, 2.75) is 609 Å². The molecule has 0 atom stereocenters. The van der Waals surface area contributed by atoms with Gasteiger partial charge in [0.1, 0.15) is 0 Å². The predicted octanol–water partition coefficient (Wildman–Crippen LogP) is 37.4. The summed E-state index contributed by atoms with van der Waals surface area (Å²) in [5.74, 6) is 1.44. The van der Waals surface area contributed by atoms with Gasteiger partial charge in [-0.1, -0.05) is 585 Å². The Morgan fingerprint density at radius 3 is 0.330 bits per heavy atom. The van der Waals surface area contributed by atoms with Crippen LogP contribution >= 0.6 is 11.8 Å². The highest BCUT2D eigenvalue weighted by Gasteiger charge is 2.14. The van der Waals surface area contributed by atoms with Gasteiger partial charge in [-0.15, -0.1) is 0 Å². The van der Waals surface area contributed by atoms with E-state index in [4.69, 9.17) is 0 Å². The van der Waals surface area contributed by atoms with E-state index in [1.807, 2.05) is 0 Å². The SMILES string of the molecule is CCCCCCCCCCCCCCCCCCCCCCCCCCCCCCCCCCCCCCCCCCCCCCCCCCCCCCCCCCCCCCCCCCCCCCCCCCCCCCCCCCCCCCCCCCCSC1CCCC1. The molecule has 0 aromatic carbocycles. The summed E-state index contributed by atoms with van der Waals surface area (Å²) in [7, 11) is 0. The second-order valence-corrected chi connectivity index (χ2v) is 35.3. The number of rotatable bonds is 91. The summed E-state index contributed by atoms with van der Waals surface area (Å²) in [6.07, 6.45) is 139. The van der Waals surface area contributed by atoms with Crippen LogP contribution in [-0.2, 0) is 0 Å². The zero-order chi connectivity index (χ0) is 68.8. The van der Waals surface area contributed by atoms with Gasteiger partial charge < -0.3 is 0 Å². The zero-order valence-corrected chi connectivity index (χ0v) is 69.3. The Balaban J connectivity index is 1.57. The van der Waals surface area contributed by atoms with Crippen LogP contribution < -0.4 is 0 Å². The molecule has 0 unspecified atom stereocenters. The molecule has 1 fully saturated rings. The first-order valence-electron chi connectivity index (χ1n) is 48.0. The van der Waals surface area contributed by atoms with Gasteiger partial charge >= 0.3 is 0 Å². The molecule has 1 heteroatoms. The number of unbranched alkanes of at least 4 members (excludes halogenated alkanes) is 88. The summed E-state index contributed by atoms with van der Waals surface area (Å²) in [6.45, 7) is 2.32. The Morgan fingerprint density at radius 2 is 0.227 bits per heavy atom. The summed E-state index contributed by atoms with van der Waals surface area (Å²) in [4.78, 5) is 0. The van der Waals surface area contributed by atoms with E-state index in [0.29, 0.717) is 0 Å². The van der Waals surface area contributed by atoms with Crippen LogP contribution in [0.3, 0.4) is 0 Å². The van der Waals surface area contributed by atoms with E-state index >= 15 is 0 Å². The van der Waals surface area contributed by atoms with E-state index in [-0.39, 0.29) is 0 Å². The lowest BCUT2D eigenvalue weighted by atomic mass is 10.0. The molecule has 1 aliphatic carbocycles.